The number of anilines is 1. The zero-order valence-corrected chi connectivity index (χ0v) is 18.2. The fourth-order valence-corrected chi connectivity index (χ4v) is 5.04. The van der Waals surface area contributed by atoms with Crippen LogP contribution in [0.4, 0.5) is 5.69 Å². The van der Waals surface area contributed by atoms with Gasteiger partial charge in [-0.3, -0.25) is 13.9 Å². The van der Waals surface area contributed by atoms with Gasteiger partial charge in [0.1, 0.15) is 16.2 Å². The Morgan fingerprint density at radius 3 is 2.24 bits per heavy atom. The summed E-state index contributed by atoms with van der Waals surface area (Å²) >= 11 is 0. The summed E-state index contributed by atoms with van der Waals surface area (Å²) in [6.45, 7) is 0.261. The van der Waals surface area contributed by atoms with Gasteiger partial charge in [-0.25, -0.2) is 0 Å². The van der Waals surface area contributed by atoms with Crippen LogP contribution in [0.1, 0.15) is 11.1 Å². The van der Waals surface area contributed by atoms with Crippen LogP contribution >= 0.6 is 10.8 Å². The molecule has 8 heteroatoms. The first kappa shape index (κ1) is 21.0. The average molecular weight is 460 g/mol. The van der Waals surface area contributed by atoms with Crippen molar-refractivity contribution in [3.63, 3.8) is 0 Å². The Kier molecular flexibility index (Phi) is 5.26. The van der Waals surface area contributed by atoms with E-state index < -0.39 is 16.3 Å². The number of fused-ring (bicyclic) bond motifs is 1. The predicted octanol–water partition coefficient (Wildman–Crippen LogP) is 5.17. The standard InChI is InChI=1S/C25H21N3O4S/c29-21-15-20(18-11-5-2-6-12-18)28(16-17-9-3-1-4-10-17)25(30)23(21)24-26-19-13-7-8-14-22(19)33(31,32)27-24/h1-15,29,31-32H,16H2,(H,26,27). The number of nitrogens with one attached hydrogen (secondary N) is 1. The van der Waals surface area contributed by atoms with Crippen molar-refractivity contribution in [1.29, 1.82) is 0 Å². The van der Waals surface area contributed by atoms with Crippen LogP contribution in [0.3, 0.4) is 0 Å². The molecule has 0 fully saturated rings. The number of nitrogens with zero attached hydrogens (tertiary/aromatic N) is 2. The molecule has 0 spiro atoms. The molecule has 0 saturated heterocycles. The Morgan fingerprint density at radius 2 is 1.52 bits per heavy atom. The normalized spacial score (nSPS) is 15.2. The molecule has 0 saturated carbocycles. The maximum Gasteiger partial charge on any atom is 0.266 e. The van der Waals surface area contributed by atoms with E-state index in [1.807, 2.05) is 60.7 Å². The number of hydrogen-bond donors (Lipinski definition) is 4. The summed E-state index contributed by atoms with van der Waals surface area (Å²) in [5.41, 5.74) is 2.00. The second kappa shape index (κ2) is 8.25. The Balaban J connectivity index is 1.71. The molecule has 0 atom stereocenters. The summed E-state index contributed by atoms with van der Waals surface area (Å²) in [6.07, 6.45) is 0. The van der Waals surface area contributed by atoms with E-state index in [1.165, 1.54) is 6.07 Å². The molecule has 0 aliphatic carbocycles. The van der Waals surface area contributed by atoms with Gasteiger partial charge < -0.3 is 15.0 Å². The third-order valence-electron chi connectivity index (χ3n) is 5.42. The largest absolute Gasteiger partial charge is 0.507 e. The van der Waals surface area contributed by atoms with Crippen molar-refractivity contribution >= 4 is 22.3 Å². The van der Waals surface area contributed by atoms with E-state index in [0.29, 0.717) is 11.4 Å². The van der Waals surface area contributed by atoms with Crippen LogP contribution in [0.5, 0.6) is 5.75 Å². The monoisotopic (exact) mass is 459 g/mol. The van der Waals surface area contributed by atoms with Crippen LogP contribution in [0, 0.1) is 0 Å². The summed E-state index contributed by atoms with van der Waals surface area (Å²) in [7, 11) is -3.54. The number of benzene rings is 3. The van der Waals surface area contributed by atoms with Crippen LogP contribution < -0.4 is 10.9 Å². The molecule has 5 rings (SSSR count). The molecule has 3 aromatic carbocycles. The maximum absolute atomic E-state index is 13.7. The minimum atomic E-state index is -3.54. The van der Waals surface area contributed by atoms with Crippen molar-refractivity contribution in [2.24, 2.45) is 4.40 Å². The van der Waals surface area contributed by atoms with Crippen molar-refractivity contribution in [3.05, 3.63) is 112 Å². The van der Waals surface area contributed by atoms with Gasteiger partial charge in [-0.1, -0.05) is 83.6 Å². The Bertz CT molecular complexity index is 1420. The molecule has 166 valence electrons. The first-order valence-electron chi connectivity index (χ1n) is 10.2. The highest BCUT2D eigenvalue weighted by molar-refractivity contribution is 8.23. The quantitative estimate of drug-likeness (QED) is 0.337. The molecule has 0 unspecified atom stereocenters. The zero-order chi connectivity index (χ0) is 23.0. The van der Waals surface area contributed by atoms with Gasteiger partial charge in [0.05, 0.1) is 17.9 Å². The second-order valence-electron chi connectivity index (χ2n) is 7.61. The van der Waals surface area contributed by atoms with Gasteiger partial charge in [0, 0.05) is 6.07 Å². The lowest BCUT2D eigenvalue weighted by molar-refractivity contribution is 0.470. The molecule has 2 heterocycles. The van der Waals surface area contributed by atoms with Crippen LogP contribution in [0.15, 0.2) is 105 Å². The van der Waals surface area contributed by atoms with Gasteiger partial charge in [-0.2, -0.15) is 0 Å². The summed E-state index contributed by atoms with van der Waals surface area (Å²) < 4.78 is 26.8. The number of aromatic hydroxyl groups is 1. The maximum atomic E-state index is 13.7. The first-order valence-corrected chi connectivity index (χ1v) is 11.7. The van der Waals surface area contributed by atoms with Gasteiger partial charge in [0.2, 0.25) is 0 Å². The highest BCUT2D eigenvalue weighted by atomic mass is 32.3. The number of amidine groups is 1. The van der Waals surface area contributed by atoms with Gasteiger partial charge in [-0.15, -0.1) is 4.40 Å². The van der Waals surface area contributed by atoms with Crippen LogP contribution in [0.2, 0.25) is 0 Å². The summed E-state index contributed by atoms with van der Waals surface area (Å²) in [6, 6.07) is 27.0. The Labute approximate surface area is 191 Å². The summed E-state index contributed by atoms with van der Waals surface area (Å²) in [4.78, 5) is 14.0. The van der Waals surface area contributed by atoms with Gasteiger partial charge >= 0.3 is 0 Å². The molecular weight excluding hydrogens is 438 g/mol. The van der Waals surface area contributed by atoms with E-state index >= 15 is 0 Å². The predicted molar refractivity (Wildman–Crippen MR) is 131 cm³/mol. The molecule has 0 amide bonds. The van der Waals surface area contributed by atoms with Crippen LogP contribution in [-0.2, 0) is 6.54 Å². The number of rotatable bonds is 4. The van der Waals surface area contributed by atoms with E-state index in [-0.39, 0.29) is 28.6 Å². The van der Waals surface area contributed by atoms with E-state index in [2.05, 4.69) is 9.71 Å². The number of hydrogen-bond acceptors (Lipinski definition) is 6. The highest BCUT2D eigenvalue weighted by Crippen LogP contribution is 2.55. The van der Waals surface area contributed by atoms with Crippen molar-refractivity contribution in [3.8, 4) is 17.0 Å². The molecule has 1 aromatic heterocycles. The van der Waals surface area contributed by atoms with E-state index in [1.54, 1.807) is 28.8 Å². The lowest BCUT2D eigenvalue weighted by Gasteiger charge is -2.34. The first-order chi connectivity index (χ1) is 15.9. The molecular formula is C25H21N3O4S. The third kappa shape index (κ3) is 3.91. The molecule has 1 aliphatic heterocycles. The zero-order valence-electron chi connectivity index (χ0n) is 17.4. The molecule has 1 aliphatic rings. The summed E-state index contributed by atoms with van der Waals surface area (Å²) in [5.74, 6) is -0.387. The molecule has 4 aromatic rings. The van der Waals surface area contributed by atoms with Crippen LogP contribution in [0.25, 0.3) is 11.3 Å². The van der Waals surface area contributed by atoms with E-state index in [4.69, 9.17) is 0 Å². The lowest BCUT2D eigenvalue weighted by atomic mass is 10.1. The molecule has 33 heavy (non-hydrogen) atoms. The van der Waals surface area contributed by atoms with Crippen LogP contribution in [-0.4, -0.2) is 24.6 Å². The smallest absolute Gasteiger partial charge is 0.266 e. The molecule has 0 radical (unpaired) electrons. The Morgan fingerprint density at radius 1 is 0.879 bits per heavy atom. The van der Waals surface area contributed by atoms with E-state index in [0.717, 1.165) is 11.1 Å². The van der Waals surface area contributed by atoms with E-state index in [9.17, 15) is 19.0 Å². The van der Waals surface area contributed by atoms with Crippen molar-refractivity contribution in [2.45, 2.75) is 11.4 Å². The minimum Gasteiger partial charge on any atom is -0.507 e. The Hall–Kier alpha value is -3.85. The lowest BCUT2D eigenvalue weighted by Crippen LogP contribution is -2.32. The number of aromatic nitrogens is 1. The number of pyridine rings is 1. The van der Waals surface area contributed by atoms with Gasteiger partial charge in [0.25, 0.3) is 5.56 Å². The minimum absolute atomic E-state index is 0.0855. The molecule has 7 nitrogen and oxygen atoms in total. The molecule has 0 bridgehead atoms. The van der Waals surface area contributed by atoms with Gasteiger partial charge in [0.15, 0.2) is 5.84 Å². The third-order valence-corrected chi connectivity index (χ3v) is 6.81. The van der Waals surface area contributed by atoms with Crippen molar-refractivity contribution in [1.82, 2.24) is 4.57 Å². The topological polar surface area (TPSA) is 107 Å². The van der Waals surface area contributed by atoms with Crippen molar-refractivity contribution in [2.75, 3.05) is 5.32 Å². The SMILES string of the molecule is O=c1c(C2=NS(O)(O)c3ccccc3N2)c(O)cc(-c2ccccc2)n1Cc1ccccc1. The van der Waals surface area contributed by atoms with Gasteiger partial charge in [-0.05, 0) is 23.3 Å². The fraction of sp³-hybridized carbons (Fsp3) is 0.0400. The summed E-state index contributed by atoms with van der Waals surface area (Å²) in [5, 5.41) is 13.9. The highest BCUT2D eigenvalue weighted by Gasteiger charge is 2.29. The number of para-hydroxylation sites is 1. The average Bonchev–Trinajstić information content (AvgIpc) is 2.82. The second-order valence-corrected chi connectivity index (χ2v) is 9.27. The van der Waals surface area contributed by atoms with Crippen molar-refractivity contribution < 1.29 is 14.2 Å². The fourth-order valence-electron chi connectivity index (χ4n) is 3.87. The molecule has 4 N–H and O–H groups in total.